The molecule has 2 aliphatic heterocycles. The third kappa shape index (κ3) is 5.16. The number of esters is 1. The quantitative estimate of drug-likeness (QED) is 0.497. The van der Waals surface area contributed by atoms with Gasteiger partial charge in [0.05, 0.1) is 20.8 Å². The monoisotopic (exact) mass is 484 g/mol. The predicted octanol–water partition coefficient (Wildman–Crippen LogP) is 2.37. The standard InChI is InChI=1S/C25H29FN4O5/c1-4-35-24(32)21-22(16-5-10-19(33-2)20(15-16)34-3)27-25(28-23(21)31)30-13-11-29(12-14-30)18-8-6-17(26)7-9-18/h5-10,15,21-22H,4,11-14H2,1-3H3,(H,27,28,31)/t21-,22-/m1/s1. The molecule has 0 aliphatic carbocycles. The van der Waals surface area contributed by atoms with Gasteiger partial charge in [0.1, 0.15) is 11.9 Å². The lowest BCUT2D eigenvalue weighted by Crippen LogP contribution is -2.57. The van der Waals surface area contributed by atoms with Crippen LogP contribution >= 0.6 is 0 Å². The van der Waals surface area contributed by atoms with Crippen LogP contribution in [0.3, 0.4) is 0 Å². The fourth-order valence-corrected chi connectivity index (χ4v) is 4.33. The summed E-state index contributed by atoms with van der Waals surface area (Å²) in [6.45, 7) is 4.38. The Hall–Kier alpha value is -3.82. The van der Waals surface area contributed by atoms with Crippen LogP contribution in [0.25, 0.3) is 0 Å². The maximum atomic E-state index is 13.3. The highest BCUT2D eigenvalue weighted by Gasteiger charge is 2.42. The lowest BCUT2D eigenvalue weighted by molar-refractivity contribution is -0.153. The zero-order valence-corrected chi connectivity index (χ0v) is 20.0. The molecule has 0 spiro atoms. The molecule has 2 atom stereocenters. The van der Waals surface area contributed by atoms with Gasteiger partial charge in [0.2, 0.25) is 11.9 Å². The van der Waals surface area contributed by atoms with Crippen LogP contribution in [0.5, 0.6) is 11.5 Å². The summed E-state index contributed by atoms with van der Waals surface area (Å²) in [4.78, 5) is 34.8. The topological polar surface area (TPSA) is 92.7 Å². The number of hydrogen-bond donors (Lipinski definition) is 1. The number of hydrogen-bond acceptors (Lipinski definition) is 8. The molecule has 1 amide bonds. The summed E-state index contributed by atoms with van der Waals surface area (Å²) in [5, 5.41) is 2.80. The van der Waals surface area contributed by atoms with Crippen LogP contribution in [0.1, 0.15) is 18.5 Å². The van der Waals surface area contributed by atoms with Gasteiger partial charge in [0.25, 0.3) is 0 Å². The van der Waals surface area contributed by atoms with E-state index in [-0.39, 0.29) is 12.4 Å². The van der Waals surface area contributed by atoms with E-state index in [0.717, 1.165) is 5.69 Å². The number of ether oxygens (including phenoxy) is 3. The highest BCUT2D eigenvalue weighted by atomic mass is 19.1. The van der Waals surface area contributed by atoms with Crippen LogP contribution in [0.15, 0.2) is 47.5 Å². The summed E-state index contributed by atoms with van der Waals surface area (Å²) >= 11 is 0. The molecule has 2 aliphatic rings. The van der Waals surface area contributed by atoms with Crippen molar-refractivity contribution in [2.24, 2.45) is 10.9 Å². The molecular weight excluding hydrogens is 455 g/mol. The number of anilines is 1. The molecule has 0 bridgehead atoms. The second kappa shape index (κ2) is 10.6. The van der Waals surface area contributed by atoms with Crippen molar-refractivity contribution in [3.8, 4) is 11.5 Å². The van der Waals surface area contributed by atoms with Crippen LogP contribution in [0.2, 0.25) is 0 Å². The number of amides is 1. The van der Waals surface area contributed by atoms with Crippen molar-refractivity contribution in [3.05, 3.63) is 53.8 Å². The normalized spacial score (nSPS) is 20.1. The number of methoxy groups -OCH3 is 2. The van der Waals surface area contributed by atoms with Gasteiger partial charge < -0.3 is 24.0 Å². The zero-order valence-electron chi connectivity index (χ0n) is 20.0. The first-order valence-corrected chi connectivity index (χ1v) is 11.5. The lowest BCUT2D eigenvalue weighted by Gasteiger charge is -2.39. The maximum absolute atomic E-state index is 13.3. The molecule has 9 nitrogen and oxygen atoms in total. The first-order chi connectivity index (χ1) is 16.9. The van der Waals surface area contributed by atoms with Gasteiger partial charge in [-0.15, -0.1) is 0 Å². The highest BCUT2D eigenvalue weighted by molar-refractivity contribution is 6.08. The number of nitrogens with zero attached hydrogens (tertiary/aromatic N) is 3. The summed E-state index contributed by atoms with van der Waals surface area (Å²) in [5.74, 6) is -1.08. The average Bonchev–Trinajstić information content (AvgIpc) is 2.88. The second-order valence-corrected chi connectivity index (χ2v) is 8.18. The number of halogens is 1. The summed E-state index contributed by atoms with van der Waals surface area (Å²) in [7, 11) is 3.06. The second-order valence-electron chi connectivity index (χ2n) is 8.18. The van der Waals surface area contributed by atoms with E-state index in [4.69, 9.17) is 19.2 Å². The van der Waals surface area contributed by atoms with Crippen molar-refractivity contribution in [1.29, 1.82) is 0 Å². The Balaban J connectivity index is 1.60. The first-order valence-electron chi connectivity index (χ1n) is 11.5. The number of nitrogens with one attached hydrogen (secondary N) is 1. The fraction of sp³-hybridized carbons (Fsp3) is 0.400. The van der Waals surface area contributed by atoms with Crippen molar-refractivity contribution in [2.45, 2.75) is 13.0 Å². The zero-order chi connectivity index (χ0) is 24.9. The molecule has 0 radical (unpaired) electrons. The van der Waals surface area contributed by atoms with E-state index in [2.05, 4.69) is 10.2 Å². The van der Waals surface area contributed by atoms with Crippen LogP contribution in [-0.2, 0) is 14.3 Å². The van der Waals surface area contributed by atoms with Gasteiger partial charge in [-0.2, -0.15) is 0 Å². The van der Waals surface area contributed by atoms with Crippen molar-refractivity contribution in [1.82, 2.24) is 10.2 Å². The summed E-state index contributed by atoms with van der Waals surface area (Å²) in [5.41, 5.74) is 1.57. The minimum Gasteiger partial charge on any atom is -0.493 e. The van der Waals surface area contributed by atoms with Crippen molar-refractivity contribution in [2.75, 3.05) is 51.9 Å². The third-order valence-corrected chi connectivity index (χ3v) is 6.16. The minimum atomic E-state index is -1.13. The van der Waals surface area contributed by atoms with Crippen LogP contribution in [-0.4, -0.2) is 69.7 Å². The van der Waals surface area contributed by atoms with Crippen molar-refractivity contribution >= 4 is 23.5 Å². The van der Waals surface area contributed by atoms with Crippen LogP contribution in [0, 0.1) is 11.7 Å². The van der Waals surface area contributed by atoms with E-state index in [1.807, 2.05) is 4.90 Å². The Morgan fingerprint density at radius 3 is 2.31 bits per heavy atom. The fourth-order valence-electron chi connectivity index (χ4n) is 4.33. The van der Waals surface area contributed by atoms with Gasteiger partial charge in [-0.25, -0.2) is 9.38 Å². The van der Waals surface area contributed by atoms with E-state index in [1.165, 1.54) is 26.4 Å². The SMILES string of the molecule is CCOC(=O)[C@H]1C(=O)NC(N2CCN(c3ccc(F)cc3)CC2)=N[C@@H]1c1ccc(OC)c(OC)c1. The number of carbonyl (C=O) groups excluding carboxylic acids is 2. The number of benzene rings is 2. The van der Waals surface area contributed by atoms with Crippen molar-refractivity contribution in [3.63, 3.8) is 0 Å². The molecule has 186 valence electrons. The van der Waals surface area contributed by atoms with Gasteiger partial charge in [-0.1, -0.05) is 6.07 Å². The maximum Gasteiger partial charge on any atom is 0.321 e. The molecule has 4 rings (SSSR count). The number of aliphatic imine (C=N–C) groups is 1. The Kier molecular flexibility index (Phi) is 7.38. The molecule has 0 unspecified atom stereocenters. The molecular formula is C25H29FN4O5. The molecule has 2 aromatic rings. The number of piperazine rings is 1. The van der Waals surface area contributed by atoms with Gasteiger partial charge in [0, 0.05) is 31.9 Å². The van der Waals surface area contributed by atoms with Crippen LogP contribution < -0.4 is 19.7 Å². The number of guanidine groups is 1. The average molecular weight is 485 g/mol. The molecule has 2 heterocycles. The van der Waals surface area contributed by atoms with Crippen LogP contribution in [0.4, 0.5) is 10.1 Å². The molecule has 10 heteroatoms. The number of carbonyl (C=O) groups is 2. The first kappa shape index (κ1) is 24.3. The van der Waals surface area contributed by atoms with Crippen molar-refractivity contribution < 1.29 is 28.2 Å². The van der Waals surface area contributed by atoms with Gasteiger partial charge >= 0.3 is 5.97 Å². The van der Waals surface area contributed by atoms with Gasteiger partial charge in [-0.05, 0) is 48.9 Å². The molecule has 1 N–H and O–H groups in total. The Bertz CT molecular complexity index is 1100. The summed E-state index contributed by atoms with van der Waals surface area (Å²) < 4.78 is 29.2. The number of rotatable bonds is 6. The Morgan fingerprint density at radius 1 is 1.03 bits per heavy atom. The van der Waals surface area contributed by atoms with Gasteiger partial charge in [0.15, 0.2) is 17.4 Å². The minimum absolute atomic E-state index is 0.156. The largest absolute Gasteiger partial charge is 0.493 e. The molecule has 1 saturated heterocycles. The lowest BCUT2D eigenvalue weighted by atomic mass is 9.91. The molecule has 2 aromatic carbocycles. The highest BCUT2D eigenvalue weighted by Crippen LogP contribution is 2.36. The summed E-state index contributed by atoms with van der Waals surface area (Å²) in [6, 6.07) is 10.8. The molecule has 35 heavy (non-hydrogen) atoms. The predicted molar refractivity (Wildman–Crippen MR) is 128 cm³/mol. The Morgan fingerprint density at radius 2 is 1.69 bits per heavy atom. The van der Waals surface area contributed by atoms with E-state index in [0.29, 0.717) is 49.2 Å². The van der Waals surface area contributed by atoms with Gasteiger partial charge in [-0.3, -0.25) is 14.9 Å². The Labute approximate surface area is 203 Å². The van der Waals surface area contributed by atoms with E-state index in [9.17, 15) is 14.0 Å². The summed E-state index contributed by atoms with van der Waals surface area (Å²) in [6.07, 6.45) is 0. The molecule has 1 fully saturated rings. The third-order valence-electron chi connectivity index (χ3n) is 6.16. The molecule has 0 saturated carbocycles. The van der Waals surface area contributed by atoms with E-state index in [1.54, 1.807) is 37.3 Å². The van der Waals surface area contributed by atoms with E-state index >= 15 is 0 Å². The molecule has 0 aromatic heterocycles. The smallest absolute Gasteiger partial charge is 0.321 e. The van der Waals surface area contributed by atoms with E-state index < -0.39 is 23.8 Å².